The van der Waals surface area contributed by atoms with E-state index >= 15 is 0 Å². The summed E-state index contributed by atoms with van der Waals surface area (Å²) in [7, 11) is -3.55. The van der Waals surface area contributed by atoms with Crippen molar-refractivity contribution in [1.82, 2.24) is 4.31 Å². The van der Waals surface area contributed by atoms with Crippen molar-refractivity contribution in [3.63, 3.8) is 0 Å². The van der Waals surface area contributed by atoms with E-state index in [-0.39, 0.29) is 11.5 Å². The predicted molar refractivity (Wildman–Crippen MR) is 89.5 cm³/mol. The van der Waals surface area contributed by atoms with E-state index in [4.69, 9.17) is 9.47 Å². The van der Waals surface area contributed by atoms with Gasteiger partial charge in [0.25, 0.3) is 0 Å². The molecule has 1 aliphatic heterocycles. The van der Waals surface area contributed by atoms with Crippen molar-refractivity contribution in [2.45, 2.75) is 11.5 Å². The number of thiophene rings is 1. The number of ether oxygens (including phenoxy) is 2. The largest absolute Gasteiger partial charge is 0.456 e. The number of hydrogen-bond acceptors (Lipinski definition) is 6. The number of nitrogens with zero attached hydrogens (tertiary/aromatic N) is 1. The van der Waals surface area contributed by atoms with Gasteiger partial charge in [0, 0.05) is 18.0 Å². The molecule has 1 aliphatic rings. The third kappa shape index (κ3) is 3.84. The van der Waals surface area contributed by atoms with E-state index in [1.54, 1.807) is 0 Å². The lowest BCUT2D eigenvalue weighted by atomic mass is 10.2. The molecule has 8 heteroatoms. The van der Waals surface area contributed by atoms with Crippen LogP contribution >= 0.6 is 11.3 Å². The number of rotatable bonds is 5. The summed E-state index contributed by atoms with van der Waals surface area (Å²) in [6.45, 7) is 1.68. The number of sulfonamides is 1. The molecule has 0 bridgehead atoms. The second-order valence-corrected chi connectivity index (χ2v) is 8.17. The molecule has 1 fully saturated rings. The monoisotopic (exact) mass is 367 g/mol. The predicted octanol–water partition coefficient (Wildman–Crippen LogP) is 2.13. The summed E-state index contributed by atoms with van der Waals surface area (Å²) in [5, 5.41) is 1.91. The van der Waals surface area contributed by atoms with Crippen LogP contribution in [0.4, 0.5) is 0 Å². The summed E-state index contributed by atoms with van der Waals surface area (Å²) in [6.07, 6.45) is 0. The van der Waals surface area contributed by atoms with Gasteiger partial charge in [0.1, 0.15) is 6.61 Å². The number of hydrogen-bond donors (Lipinski definition) is 0. The normalized spacial score (nSPS) is 16.0. The topological polar surface area (TPSA) is 72.9 Å². The molecular weight excluding hydrogens is 350 g/mol. The molecule has 3 rings (SSSR count). The quantitative estimate of drug-likeness (QED) is 0.757. The second-order valence-electron chi connectivity index (χ2n) is 5.20. The lowest BCUT2D eigenvalue weighted by Crippen LogP contribution is -2.40. The Morgan fingerprint density at radius 1 is 1.17 bits per heavy atom. The number of carbonyl (C=O) groups is 1. The molecule has 2 heterocycles. The van der Waals surface area contributed by atoms with Gasteiger partial charge >= 0.3 is 5.97 Å². The van der Waals surface area contributed by atoms with E-state index < -0.39 is 16.0 Å². The van der Waals surface area contributed by atoms with Crippen molar-refractivity contribution in [3.05, 3.63) is 52.2 Å². The van der Waals surface area contributed by atoms with Crippen molar-refractivity contribution >= 4 is 27.3 Å². The van der Waals surface area contributed by atoms with E-state index in [1.807, 2.05) is 17.5 Å². The van der Waals surface area contributed by atoms with E-state index in [2.05, 4.69) is 0 Å². The molecule has 0 radical (unpaired) electrons. The fourth-order valence-corrected chi connectivity index (χ4v) is 4.34. The maximum atomic E-state index is 12.5. The van der Waals surface area contributed by atoms with Crippen LogP contribution in [0.3, 0.4) is 0 Å². The number of carbonyl (C=O) groups excluding carboxylic acids is 1. The zero-order valence-electron chi connectivity index (χ0n) is 12.9. The summed E-state index contributed by atoms with van der Waals surface area (Å²) >= 11 is 1.51. The summed E-state index contributed by atoms with van der Waals surface area (Å²) in [6, 6.07) is 9.60. The van der Waals surface area contributed by atoms with Gasteiger partial charge in [-0.2, -0.15) is 4.31 Å². The summed E-state index contributed by atoms with van der Waals surface area (Å²) in [5.41, 5.74) is 0.326. The molecule has 2 aromatic rings. The van der Waals surface area contributed by atoms with Crippen LogP contribution in [0.15, 0.2) is 46.7 Å². The third-order valence-electron chi connectivity index (χ3n) is 3.62. The molecule has 128 valence electrons. The maximum Gasteiger partial charge on any atom is 0.338 e. The Morgan fingerprint density at radius 2 is 1.88 bits per heavy atom. The first-order valence-corrected chi connectivity index (χ1v) is 9.77. The third-order valence-corrected chi connectivity index (χ3v) is 6.39. The lowest BCUT2D eigenvalue weighted by Gasteiger charge is -2.26. The molecular formula is C16H17NO5S2. The van der Waals surface area contributed by atoms with E-state index in [9.17, 15) is 13.2 Å². The molecule has 1 aromatic carbocycles. The van der Waals surface area contributed by atoms with Gasteiger partial charge in [-0.15, -0.1) is 11.3 Å². The Balaban J connectivity index is 1.67. The Morgan fingerprint density at radius 3 is 2.50 bits per heavy atom. The van der Waals surface area contributed by atoms with Gasteiger partial charge < -0.3 is 9.47 Å². The highest BCUT2D eigenvalue weighted by Gasteiger charge is 2.26. The van der Waals surface area contributed by atoms with Gasteiger partial charge in [-0.3, -0.25) is 0 Å². The summed E-state index contributed by atoms with van der Waals surface area (Å²) in [4.78, 5) is 13.1. The van der Waals surface area contributed by atoms with Crippen LogP contribution in [0, 0.1) is 0 Å². The van der Waals surface area contributed by atoms with Gasteiger partial charge in [0.15, 0.2) is 0 Å². The first-order valence-electron chi connectivity index (χ1n) is 7.45. The van der Waals surface area contributed by atoms with Crippen LogP contribution in [-0.2, 0) is 26.1 Å². The fourth-order valence-electron chi connectivity index (χ4n) is 2.31. The van der Waals surface area contributed by atoms with Crippen LogP contribution in [0.5, 0.6) is 0 Å². The van der Waals surface area contributed by atoms with Crippen molar-refractivity contribution in [2.24, 2.45) is 0 Å². The van der Waals surface area contributed by atoms with Gasteiger partial charge in [0.05, 0.1) is 23.7 Å². The minimum Gasteiger partial charge on any atom is -0.456 e. The number of esters is 1. The molecule has 0 spiro atoms. The van der Waals surface area contributed by atoms with Crippen molar-refractivity contribution in [1.29, 1.82) is 0 Å². The Bertz CT molecular complexity index is 778. The molecule has 0 atom stereocenters. The van der Waals surface area contributed by atoms with Crippen molar-refractivity contribution in [2.75, 3.05) is 26.3 Å². The molecule has 1 aromatic heterocycles. The zero-order chi connectivity index (χ0) is 17.0. The first kappa shape index (κ1) is 17.1. The lowest BCUT2D eigenvalue weighted by molar-refractivity contribution is 0.0476. The van der Waals surface area contributed by atoms with Gasteiger partial charge in [-0.1, -0.05) is 6.07 Å². The molecule has 6 nitrogen and oxygen atoms in total. The van der Waals surface area contributed by atoms with Crippen LogP contribution < -0.4 is 0 Å². The van der Waals surface area contributed by atoms with Gasteiger partial charge in [0.2, 0.25) is 10.0 Å². The van der Waals surface area contributed by atoms with Gasteiger partial charge in [-0.05, 0) is 35.7 Å². The SMILES string of the molecule is O=C(OCc1cccs1)c1ccc(S(=O)(=O)N2CCOCC2)cc1. The van der Waals surface area contributed by atoms with Gasteiger partial charge in [-0.25, -0.2) is 13.2 Å². The second kappa shape index (κ2) is 7.43. The van der Waals surface area contributed by atoms with Crippen LogP contribution in [0.1, 0.15) is 15.2 Å². The summed E-state index contributed by atoms with van der Waals surface area (Å²) in [5.74, 6) is -0.473. The molecule has 0 saturated carbocycles. The number of benzene rings is 1. The molecule has 0 aliphatic carbocycles. The smallest absolute Gasteiger partial charge is 0.338 e. The van der Waals surface area contributed by atoms with Crippen LogP contribution in [0.25, 0.3) is 0 Å². The Kier molecular flexibility index (Phi) is 5.30. The minimum absolute atomic E-state index is 0.166. The first-order chi connectivity index (χ1) is 11.6. The highest BCUT2D eigenvalue weighted by Crippen LogP contribution is 2.18. The Hall–Kier alpha value is -1.74. The molecule has 0 N–H and O–H groups in total. The fraction of sp³-hybridized carbons (Fsp3) is 0.312. The van der Waals surface area contributed by atoms with Crippen LogP contribution in [-0.4, -0.2) is 45.0 Å². The van der Waals surface area contributed by atoms with E-state index in [0.29, 0.717) is 31.9 Å². The van der Waals surface area contributed by atoms with Crippen LogP contribution in [0.2, 0.25) is 0 Å². The highest BCUT2D eigenvalue weighted by atomic mass is 32.2. The molecule has 1 saturated heterocycles. The summed E-state index contributed by atoms with van der Waals surface area (Å²) < 4.78 is 36.8. The van der Waals surface area contributed by atoms with Crippen molar-refractivity contribution < 1.29 is 22.7 Å². The molecule has 24 heavy (non-hydrogen) atoms. The minimum atomic E-state index is -3.55. The molecule has 0 amide bonds. The van der Waals surface area contributed by atoms with Crippen molar-refractivity contribution in [3.8, 4) is 0 Å². The molecule has 0 unspecified atom stereocenters. The number of morpholine rings is 1. The maximum absolute atomic E-state index is 12.5. The highest BCUT2D eigenvalue weighted by molar-refractivity contribution is 7.89. The zero-order valence-corrected chi connectivity index (χ0v) is 14.5. The average Bonchev–Trinajstić information content (AvgIpc) is 3.14. The standard InChI is InChI=1S/C16H17NO5S2/c18-16(22-12-14-2-1-11-23-14)13-3-5-15(6-4-13)24(19,20)17-7-9-21-10-8-17/h1-6,11H,7-10,12H2. The average molecular weight is 367 g/mol. The Labute approximate surface area is 144 Å². The van der Waals surface area contributed by atoms with E-state index in [1.165, 1.54) is 39.9 Å². The van der Waals surface area contributed by atoms with E-state index in [0.717, 1.165) is 4.88 Å².